The second-order valence-electron chi connectivity index (χ2n) is 7.06. The number of carbonyl (C=O) groups excluding carboxylic acids is 3. The number of alkyl carbamates (subject to hydrolysis) is 1. The molecule has 6 nitrogen and oxygen atoms in total. The molecule has 0 aliphatic heterocycles. The Morgan fingerprint density at radius 3 is 2.15 bits per heavy atom. The normalized spacial score (nSPS) is 13.2. The molecule has 0 heterocycles. The van der Waals surface area contributed by atoms with E-state index < -0.39 is 35.4 Å². The zero-order valence-corrected chi connectivity index (χ0v) is 16.2. The van der Waals surface area contributed by atoms with Gasteiger partial charge in [0.1, 0.15) is 6.10 Å². The lowest BCUT2D eigenvalue weighted by Gasteiger charge is -2.29. The largest absolute Gasteiger partial charge is 0.442 e. The quantitative estimate of drug-likeness (QED) is 0.649. The van der Waals surface area contributed by atoms with Crippen LogP contribution in [0.5, 0.6) is 0 Å². The number of benzene rings is 1. The molecule has 1 aromatic rings. The highest BCUT2D eigenvalue weighted by atomic mass is 16.6. The van der Waals surface area contributed by atoms with Crippen LogP contribution in [0, 0.1) is 0 Å². The van der Waals surface area contributed by atoms with Crippen LogP contribution in [0.1, 0.15) is 39.7 Å². The Balaban J connectivity index is 2.94. The second kappa shape index (κ2) is 9.28. The fourth-order valence-electron chi connectivity index (χ4n) is 2.35. The number of nitrogens with one attached hydrogen (secondary N) is 1. The fraction of sp³-hybridized carbons (Fsp3) is 0.381. The van der Waals surface area contributed by atoms with Crippen molar-refractivity contribution >= 4 is 17.7 Å². The van der Waals surface area contributed by atoms with Crippen molar-refractivity contribution in [2.24, 2.45) is 0 Å². The van der Waals surface area contributed by atoms with Gasteiger partial charge >= 0.3 is 6.09 Å². The molecule has 0 aliphatic rings. The van der Waals surface area contributed by atoms with Gasteiger partial charge in [0.05, 0.1) is 12.0 Å². The van der Waals surface area contributed by atoms with Gasteiger partial charge in [-0.2, -0.15) is 0 Å². The molecule has 0 aliphatic carbocycles. The summed E-state index contributed by atoms with van der Waals surface area (Å²) in [5, 5.41) is 12.9. The van der Waals surface area contributed by atoms with E-state index in [1.807, 2.05) is 30.3 Å². The van der Waals surface area contributed by atoms with Gasteiger partial charge in [0.25, 0.3) is 0 Å². The van der Waals surface area contributed by atoms with E-state index in [4.69, 9.17) is 4.74 Å². The second-order valence-corrected chi connectivity index (χ2v) is 7.06. The number of Topliss-reactive ketones (excluding diaryl/α,β-unsaturated/α-hetero) is 2. The number of allylic oxidation sites excluding steroid dienone is 1. The summed E-state index contributed by atoms with van der Waals surface area (Å²) < 4.78 is 5.24. The molecule has 0 radical (unpaired) electrons. The number of aliphatic hydroxyl groups is 1. The predicted octanol–water partition coefficient (Wildman–Crippen LogP) is 3.06. The summed E-state index contributed by atoms with van der Waals surface area (Å²) in [7, 11) is 0. The van der Waals surface area contributed by atoms with E-state index in [1.54, 1.807) is 13.8 Å². The Bertz CT molecular complexity index is 736. The molecule has 27 heavy (non-hydrogen) atoms. The standard InChI is InChI=1S/C21H27NO5/c1-13(2)16(23)12-17(19(25)18(24)14(3)4)27-20(26)22-21(5,6)15-10-8-7-9-11-15/h7-11,17,19,25H,1,3,12H2,2,4-6H3,(H,22,26). The van der Waals surface area contributed by atoms with Gasteiger partial charge < -0.3 is 15.2 Å². The van der Waals surface area contributed by atoms with Gasteiger partial charge in [-0.3, -0.25) is 9.59 Å². The van der Waals surface area contributed by atoms with Crippen LogP contribution in [0.4, 0.5) is 4.79 Å². The third-order valence-corrected chi connectivity index (χ3v) is 4.07. The monoisotopic (exact) mass is 373 g/mol. The lowest BCUT2D eigenvalue weighted by molar-refractivity contribution is -0.131. The third-order valence-electron chi connectivity index (χ3n) is 4.07. The van der Waals surface area contributed by atoms with Crippen molar-refractivity contribution in [2.75, 3.05) is 0 Å². The molecule has 1 amide bonds. The Morgan fingerprint density at radius 1 is 1.11 bits per heavy atom. The molecular weight excluding hydrogens is 346 g/mol. The van der Waals surface area contributed by atoms with Crippen LogP contribution in [0.25, 0.3) is 0 Å². The van der Waals surface area contributed by atoms with Crippen LogP contribution in [-0.4, -0.2) is 35.0 Å². The average Bonchev–Trinajstić information content (AvgIpc) is 2.59. The molecule has 0 spiro atoms. The molecule has 2 atom stereocenters. The van der Waals surface area contributed by atoms with Crippen molar-refractivity contribution in [1.29, 1.82) is 0 Å². The Morgan fingerprint density at radius 2 is 1.67 bits per heavy atom. The zero-order valence-electron chi connectivity index (χ0n) is 16.2. The van der Waals surface area contributed by atoms with E-state index in [-0.39, 0.29) is 17.6 Å². The topological polar surface area (TPSA) is 92.7 Å². The molecular formula is C21H27NO5. The molecule has 0 saturated carbocycles. The van der Waals surface area contributed by atoms with Crippen LogP contribution >= 0.6 is 0 Å². The van der Waals surface area contributed by atoms with Gasteiger partial charge in [-0.05, 0) is 44.4 Å². The van der Waals surface area contributed by atoms with Crippen molar-refractivity contribution < 1.29 is 24.2 Å². The maximum Gasteiger partial charge on any atom is 0.408 e. The van der Waals surface area contributed by atoms with E-state index >= 15 is 0 Å². The number of amides is 1. The predicted molar refractivity (Wildman–Crippen MR) is 103 cm³/mol. The van der Waals surface area contributed by atoms with E-state index in [2.05, 4.69) is 18.5 Å². The average molecular weight is 373 g/mol. The van der Waals surface area contributed by atoms with Crippen LogP contribution in [-0.2, 0) is 19.9 Å². The molecule has 1 aromatic carbocycles. The van der Waals surface area contributed by atoms with Crippen molar-refractivity contribution in [3.63, 3.8) is 0 Å². The van der Waals surface area contributed by atoms with Crippen molar-refractivity contribution in [2.45, 2.75) is 51.9 Å². The van der Waals surface area contributed by atoms with Crippen LogP contribution < -0.4 is 5.32 Å². The molecule has 6 heteroatoms. The minimum absolute atomic E-state index is 0.101. The van der Waals surface area contributed by atoms with Crippen molar-refractivity contribution in [3.05, 3.63) is 60.2 Å². The van der Waals surface area contributed by atoms with Gasteiger partial charge in [0, 0.05) is 0 Å². The molecule has 146 valence electrons. The summed E-state index contributed by atoms with van der Waals surface area (Å²) in [5.74, 6) is -1.10. The summed E-state index contributed by atoms with van der Waals surface area (Å²) in [4.78, 5) is 36.4. The van der Waals surface area contributed by atoms with Crippen LogP contribution in [0.15, 0.2) is 54.6 Å². The van der Waals surface area contributed by atoms with Gasteiger partial charge in [-0.25, -0.2) is 4.79 Å². The highest BCUT2D eigenvalue weighted by molar-refractivity contribution is 5.99. The van der Waals surface area contributed by atoms with E-state index in [0.717, 1.165) is 5.56 Å². The number of carbonyl (C=O) groups is 3. The number of ketones is 2. The zero-order chi connectivity index (χ0) is 20.8. The first kappa shape index (κ1) is 22.3. The molecule has 0 saturated heterocycles. The molecule has 0 aromatic heterocycles. The molecule has 2 N–H and O–H groups in total. The number of aliphatic hydroxyl groups excluding tert-OH is 1. The first-order valence-electron chi connectivity index (χ1n) is 8.56. The van der Waals surface area contributed by atoms with Gasteiger partial charge in [-0.1, -0.05) is 43.5 Å². The number of hydrogen-bond acceptors (Lipinski definition) is 5. The molecule has 0 fully saturated rings. The van der Waals surface area contributed by atoms with Crippen molar-refractivity contribution in [3.8, 4) is 0 Å². The van der Waals surface area contributed by atoms with E-state index in [9.17, 15) is 19.5 Å². The minimum Gasteiger partial charge on any atom is -0.442 e. The van der Waals surface area contributed by atoms with Crippen molar-refractivity contribution in [1.82, 2.24) is 5.32 Å². The van der Waals surface area contributed by atoms with Gasteiger partial charge in [0.2, 0.25) is 0 Å². The summed E-state index contributed by atoms with van der Waals surface area (Å²) in [6.07, 6.45) is -4.23. The van der Waals surface area contributed by atoms with Crippen LogP contribution in [0.3, 0.4) is 0 Å². The maximum absolute atomic E-state index is 12.4. The summed E-state index contributed by atoms with van der Waals surface area (Å²) in [5.41, 5.74) is 0.424. The number of ether oxygens (including phenoxy) is 1. The third kappa shape index (κ3) is 6.49. The number of hydrogen-bond donors (Lipinski definition) is 2. The first-order chi connectivity index (χ1) is 12.5. The van der Waals surface area contributed by atoms with Gasteiger partial charge in [0.15, 0.2) is 17.7 Å². The van der Waals surface area contributed by atoms with E-state index in [0.29, 0.717) is 0 Å². The first-order valence-corrected chi connectivity index (χ1v) is 8.56. The molecule has 1 rings (SSSR count). The van der Waals surface area contributed by atoms with Crippen LogP contribution in [0.2, 0.25) is 0 Å². The lowest BCUT2D eigenvalue weighted by Crippen LogP contribution is -2.46. The SMILES string of the molecule is C=C(C)C(=O)CC(OC(=O)NC(C)(C)c1ccccc1)C(O)C(=O)C(=C)C. The highest BCUT2D eigenvalue weighted by Crippen LogP contribution is 2.20. The maximum atomic E-state index is 12.4. The highest BCUT2D eigenvalue weighted by Gasteiger charge is 2.33. The van der Waals surface area contributed by atoms with Gasteiger partial charge in [-0.15, -0.1) is 0 Å². The summed E-state index contributed by atoms with van der Waals surface area (Å²) in [6, 6.07) is 9.24. The fourth-order valence-corrected chi connectivity index (χ4v) is 2.35. The molecule has 0 bridgehead atoms. The lowest BCUT2D eigenvalue weighted by atomic mass is 9.95. The Kier molecular flexibility index (Phi) is 7.67. The Labute approximate surface area is 159 Å². The van der Waals surface area contributed by atoms with E-state index in [1.165, 1.54) is 13.8 Å². The Hall–Kier alpha value is -2.73. The summed E-state index contributed by atoms with van der Waals surface area (Å²) in [6.45, 7) is 13.5. The number of rotatable bonds is 9. The summed E-state index contributed by atoms with van der Waals surface area (Å²) >= 11 is 0. The smallest absolute Gasteiger partial charge is 0.408 e. The molecule has 2 unspecified atom stereocenters. The minimum atomic E-state index is -1.68.